The summed E-state index contributed by atoms with van der Waals surface area (Å²) in [5.41, 5.74) is 2.45. The van der Waals surface area contributed by atoms with Gasteiger partial charge in [0.15, 0.2) is 0 Å². The van der Waals surface area contributed by atoms with Crippen molar-refractivity contribution in [2.75, 3.05) is 49.2 Å². The first-order valence-electron chi connectivity index (χ1n) is 15.5. The number of benzene rings is 3. The Morgan fingerprint density at radius 1 is 1.00 bits per heavy atom. The molecule has 1 aromatic heterocycles. The lowest BCUT2D eigenvalue weighted by molar-refractivity contribution is 0.0121. The van der Waals surface area contributed by atoms with Gasteiger partial charge in [-0.25, -0.2) is 22.8 Å². The molecular weight excluding hydrogens is 576 g/mol. The second-order valence-electron chi connectivity index (χ2n) is 12.0. The van der Waals surface area contributed by atoms with Crippen LogP contribution in [-0.2, 0) is 10.3 Å². The Labute approximate surface area is 262 Å². The summed E-state index contributed by atoms with van der Waals surface area (Å²) in [5, 5.41) is 4.28. The van der Waals surface area contributed by atoms with Crippen molar-refractivity contribution in [2.24, 2.45) is 5.92 Å². The number of anilines is 2. The molecule has 0 aliphatic carbocycles. The van der Waals surface area contributed by atoms with Crippen LogP contribution in [0.15, 0.2) is 90.5 Å². The van der Waals surface area contributed by atoms with E-state index in [2.05, 4.69) is 45.7 Å². The SMILES string of the molecule is C=C[C@H](CC)n1ncn(-c2ccc(N3CCN(c4ccc(OC[C@@H]5CO[C@@](C)(c6ccc(F)cc6F)C5)cc4)CC3)cc2)c1=O. The molecule has 4 aromatic rings. The molecule has 3 heterocycles. The molecule has 8 nitrogen and oxygen atoms in total. The van der Waals surface area contributed by atoms with E-state index < -0.39 is 17.2 Å². The molecule has 0 unspecified atom stereocenters. The quantitative estimate of drug-likeness (QED) is 0.201. The van der Waals surface area contributed by atoms with Gasteiger partial charge in [-0.05, 0) is 74.4 Å². The average Bonchev–Trinajstić information content (AvgIpc) is 3.63. The second kappa shape index (κ2) is 12.9. The van der Waals surface area contributed by atoms with Gasteiger partial charge in [-0.1, -0.05) is 19.1 Å². The third-order valence-corrected chi connectivity index (χ3v) is 8.98. The van der Waals surface area contributed by atoms with Crippen LogP contribution < -0.4 is 20.2 Å². The van der Waals surface area contributed by atoms with Crippen LogP contribution in [0, 0.1) is 17.6 Å². The fraction of sp³-hybridized carbons (Fsp3) is 0.371. The second-order valence-corrected chi connectivity index (χ2v) is 12.0. The van der Waals surface area contributed by atoms with Crippen molar-refractivity contribution in [1.82, 2.24) is 14.3 Å². The van der Waals surface area contributed by atoms with Gasteiger partial charge in [-0.3, -0.25) is 0 Å². The van der Waals surface area contributed by atoms with Gasteiger partial charge >= 0.3 is 5.69 Å². The van der Waals surface area contributed by atoms with E-state index in [9.17, 15) is 13.6 Å². The molecule has 236 valence electrons. The molecule has 0 amide bonds. The molecule has 0 saturated carbocycles. The number of ether oxygens (including phenoxy) is 2. The standard InChI is InChI=1S/C35H39F2N5O3/c1-4-27(5-2)42-34(43)41(24-38-42)30-9-7-28(8-10-30)39-16-18-40(19-17-39)29-11-13-31(14-12-29)44-22-25-21-35(3,45-23-25)32-15-6-26(36)20-33(32)37/h4,6-15,20,24-25,27H,1,5,16-19,21-23H2,2-3H3/t25-,27-,35-/m1/s1. The average molecular weight is 616 g/mol. The Morgan fingerprint density at radius 3 is 2.22 bits per heavy atom. The van der Waals surface area contributed by atoms with Crippen molar-refractivity contribution in [3.8, 4) is 11.4 Å². The zero-order chi connectivity index (χ0) is 31.6. The number of rotatable bonds is 10. The van der Waals surface area contributed by atoms with Crippen LogP contribution in [0.2, 0.25) is 0 Å². The molecule has 2 aliphatic rings. The van der Waals surface area contributed by atoms with E-state index in [1.165, 1.54) is 16.8 Å². The van der Waals surface area contributed by atoms with Gasteiger partial charge in [0.25, 0.3) is 0 Å². The van der Waals surface area contributed by atoms with Gasteiger partial charge in [0, 0.05) is 55.1 Å². The molecule has 45 heavy (non-hydrogen) atoms. The zero-order valence-corrected chi connectivity index (χ0v) is 25.7. The molecule has 2 fully saturated rings. The summed E-state index contributed by atoms with van der Waals surface area (Å²) in [4.78, 5) is 17.6. The van der Waals surface area contributed by atoms with Gasteiger partial charge in [0.05, 0.1) is 30.5 Å². The Bertz CT molecular complexity index is 1680. The predicted octanol–water partition coefficient (Wildman–Crippen LogP) is 6.11. The summed E-state index contributed by atoms with van der Waals surface area (Å²) in [7, 11) is 0. The van der Waals surface area contributed by atoms with Crippen LogP contribution in [0.5, 0.6) is 5.75 Å². The normalized spacial score (nSPS) is 20.8. The highest BCUT2D eigenvalue weighted by molar-refractivity contribution is 5.54. The predicted molar refractivity (Wildman–Crippen MR) is 171 cm³/mol. The fourth-order valence-electron chi connectivity index (χ4n) is 6.36. The molecule has 0 N–H and O–H groups in total. The summed E-state index contributed by atoms with van der Waals surface area (Å²) in [6.07, 6.45) is 4.66. The zero-order valence-electron chi connectivity index (χ0n) is 25.7. The minimum Gasteiger partial charge on any atom is -0.493 e. The topological polar surface area (TPSA) is 64.8 Å². The summed E-state index contributed by atoms with van der Waals surface area (Å²) in [6.45, 7) is 12.1. The van der Waals surface area contributed by atoms with Crippen LogP contribution in [0.4, 0.5) is 20.2 Å². The minimum absolute atomic E-state index is 0.102. The molecule has 0 spiro atoms. The molecular formula is C35H39F2N5O3. The van der Waals surface area contributed by atoms with Crippen molar-refractivity contribution in [3.05, 3.63) is 113 Å². The maximum Gasteiger partial charge on any atom is 0.350 e. The lowest BCUT2D eigenvalue weighted by Gasteiger charge is -2.37. The van der Waals surface area contributed by atoms with Crippen LogP contribution in [0.1, 0.15) is 38.3 Å². The molecule has 3 atom stereocenters. The summed E-state index contributed by atoms with van der Waals surface area (Å²) < 4.78 is 42.8. The first-order valence-corrected chi connectivity index (χ1v) is 15.5. The first-order chi connectivity index (χ1) is 21.8. The van der Waals surface area contributed by atoms with Crippen LogP contribution in [0.25, 0.3) is 5.69 Å². The van der Waals surface area contributed by atoms with Crippen molar-refractivity contribution in [3.63, 3.8) is 0 Å². The van der Waals surface area contributed by atoms with E-state index in [0.29, 0.717) is 25.2 Å². The number of hydrogen-bond acceptors (Lipinski definition) is 6. The highest BCUT2D eigenvalue weighted by Gasteiger charge is 2.40. The van der Waals surface area contributed by atoms with E-state index in [-0.39, 0.29) is 17.6 Å². The van der Waals surface area contributed by atoms with Gasteiger partial charge < -0.3 is 19.3 Å². The van der Waals surface area contributed by atoms with Gasteiger partial charge in [0.2, 0.25) is 0 Å². The van der Waals surface area contributed by atoms with Gasteiger partial charge in [-0.2, -0.15) is 5.10 Å². The van der Waals surface area contributed by atoms with E-state index in [4.69, 9.17) is 9.47 Å². The van der Waals surface area contributed by atoms with Crippen molar-refractivity contribution in [2.45, 2.75) is 38.3 Å². The Kier molecular flexibility index (Phi) is 8.76. The number of piperazine rings is 1. The van der Waals surface area contributed by atoms with E-state index in [1.54, 1.807) is 17.0 Å². The minimum atomic E-state index is -0.798. The maximum absolute atomic E-state index is 14.4. The smallest absolute Gasteiger partial charge is 0.350 e. The molecule has 3 aromatic carbocycles. The summed E-state index contributed by atoms with van der Waals surface area (Å²) >= 11 is 0. The lowest BCUT2D eigenvalue weighted by Crippen LogP contribution is -2.46. The fourth-order valence-corrected chi connectivity index (χ4v) is 6.36. The largest absolute Gasteiger partial charge is 0.493 e. The number of aromatic nitrogens is 3. The van der Waals surface area contributed by atoms with E-state index in [0.717, 1.165) is 61.5 Å². The maximum atomic E-state index is 14.4. The number of nitrogens with zero attached hydrogens (tertiary/aromatic N) is 5. The number of halogens is 2. The van der Waals surface area contributed by atoms with Crippen molar-refractivity contribution < 1.29 is 18.3 Å². The monoisotopic (exact) mass is 615 g/mol. The molecule has 2 aliphatic heterocycles. The van der Waals surface area contributed by atoms with Gasteiger partial charge in [0.1, 0.15) is 23.7 Å². The third kappa shape index (κ3) is 6.38. The molecule has 0 bridgehead atoms. The first kappa shape index (κ1) is 30.6. The molecule has 6 rings (SSSR count). The number of hydrogen-bond donors (Lipinski definition) is 0. The highest BCUT2D eigenvalue weighted by Crippen LogP contribution is 2.40. The van der Waals surface area contributed by atoms with Gasteiger partial charge in [-0.15, -0.1) is 6.58 Å². The highest BCUT2D eigenvalue weighted by atomic mass is 19.1. The molecule has 0 radical (unpaired) electrons. The van der Waals surface area contributed by atoms with Crippen LogP contribution >= 0.6 is 0 Å². The molecule has 10 heteroatoms. The third-order valence-electron chi connectivity index (χ3n) is 8.98. The Morgan fingerprint density at radius 2 is 1.62 bits per heavy atom. The summed E-state index contributed by atoms with van der Waals surface area (Å²) in [5.74, 6) is -0.298. The van der Waals surface area contributed by atoms with E-state index >= 15 is 0 Å². The van der Waals surface area contributed by atoms with E-state index in [1.807, 2.05) is 38.1 Å². The Balaban J connectivity index is 0.993. The van der Waals surface area contributed by atoms with Crippen LogP contribution in [-0.4, -0.2) is 53.7 Å². The van der Waals surface area contributed by atoms with Crippen LogP contribution in [0.3, 0.4) is 0 Å². The number of allylic oxidation sites excluding steroid dienone is 1. The van der Waals surface area contributed by atoms with Crippen molar-refractivity contribution in [1.29, 1.82) is 0 Å². The Hall–Kier alpha value is -4.44. The summed E-state index contributed by atoms with van der Waals surface area (Å²) in [6, 6.07) is 19.7. The van der Waals surface area contributed by atoms with Crippen molar-refractivity contribution >= 4 is 11.4 Å². The molecule has 2 saturated heterocycles. The lowest BCUT2D eigenvalue weighted by atomic mass is 9.89.